The molecule has 0 amide bonds. The van der Waals surface area contributed by atoms with Crippen molar-refractivity contribution in [3.8, 4) is 0 Å². The van der Waals surface area contributed by atoms with Gasteiger partial charge >= 0.3 is 0 Å². The first-order valence-corrected chi connectivity index (χ1v) is 7.89. The molecule has 106 valence electrons. The Morgan fingerprint density at radius 3 is 2.84 bits per heavy atom. The summed E-state index contributed by atoms with van der Waals surface area (Å²) in [6.07, 6.45) is 6.83. The van der Waals surface area contributed by atoms with Gasteiger partial charge in [0.1, 0.15) is 0 Å². The number of piperidine rings is 1. The van der Waals surface area contributed by atoms with E-state index in [1.807, 2.05) is 0 Å². The van der Waals surface area contributed by atoms with Gasteiger partial charge in [0, 0.05) is 12.6 Å². The third-order valence-electron chi connectivity index (χ3n) is 4.12. The Bertz CT molecular complexity index is 336. The van der Waals surface area contributed by atoms with Gasteiger partial charge in [-0.15, -0.1) is 0 Å². The molecule has 0 aromatic heterocycles. The molecule has 1 aromatic carbocycles. The number of nitrogens with one attached hydrogen (secondary N) is 1. The van der Waals surface area contributed by atoms with Crippen LogP contribution in [0.4, 0.5) is 0 Å². The summed E-state index contributed by atoms with van der Waals surface area (Å²) in [5.41, 5.74) is 1.46. The van der Waals surface area contributed by atoms with Crippen LogP contribution in [0, 0.1) is 0 Å². The number of hydrogen-bond donors (Lipinski definition) is 1. The van der Waals surface area contributed by atoms with Crippen molar-refractivity contribution in [3.63, 3.8) is 0 Å². The zero-order valence-electron chi connectivity index (χ0n) is 12.3. The lowest BCUT2D eigenvalue weighted by molar-refractivity contribution is 0.130. The van der Waals surface area contributed by atoms with Gasteiger partial charge in [-0.3, -0.25) is 4.90 Å². The molecule has 1 N–H and O–H groups in total. The second-order valence-electron chi connectivity index (χ2n) is 5.60. The van der Waals surface area contributed by atoms with Crippen LogP contribution in [0.3, 0.4) is 0 Å². The number of benzene rings is 1. The maximum atomic E-state index is 3.43. The van der Waals surface area contributed by atoms with E-state index in [0.29, 0.717) is 0 Å². The standard InChI is InChI=1S/C17H28N2/c1-2-18-13-8-12-17-11-6-7-14-19(17)15-16-9-4-3-5-10-16/h3-5,9-10,17-18H,2,6-8,11-15H2,1H3/t17-/m1/s1. The van der Waals surface area contributed by atoms with Crippen molar-refractivity contribution in [1.82, 2.24) is 10.2 Å². The van der Waals surface area contributed by atoms with Crippen molar-refractivity contribution >= 4 is 0 Å². The van der Waals surface area contributed by atoms with Gasteiger partial charge in [0.15, 0.2) is 0 Å². The maximum absolute atomic E-state index is 3.43. The molecule has 0 saturated carbocycles. The van der Waals surface area contributed by atoms with Crippen LogP contribution in [-0.4, -0.2) is 30.6 Å². The third kappa shape index (κ3) is 4.96. The summed E-state index contributed by atoms with van der Waals surface area (Å²) in [5, 5.41) is 3.43. The number of nitrogens with zero attached hydrogens (tertiary/aromatic N) is 1. The highest BCUT2D eigenvalue weighted by molar-refractivity contribution is 5.14. The average Bonchev–Trinajstić information content (AvgIpc) is 2.46. The van der Waals surface area contributed by atoms with Crippen LogP contribution in [0.25, 0.3) is 0 Å². The van der Waals surface area contributed by atoms with Gasteiger partial charge in [-0.25, -0.2) is 0 Å². The van der Waals surface area contributed by atoms with E-state index in [4.69, 9.17) is 0 Å². The van der Waals surface area contributed by atoms with Crippen molar-refractivity contribution in [2.24, 2.45) is 0 Å². The van der Waals surface area contributed by atoms with Gasteiger partial charge in [0.05, 0.1) is 0 Å². The molecular weight excluding hydrogens is 232 g/mol. The molecule has 1 aliphatic heterocycles. The summed E-state index contributed by atoms with van der Waals surface area (Å²) in [6, 6.07) is 11.7. The molecule has 1 fully saturated rings. The molecule has 1 aromatic rings. The fourth-order valence-electron chi connectivity index (χ4n) is 3.05. The molecule has 1 saturated heterocycles. The molecule has 1 aliphatic rings. The van der Waals surface area contributed by atoms with E-state index in [2.05, 4.69) is 47.5 Å². The topological polar surface area (TPSA) is 15.3 Å². The van der Waals surface area contributed by atoms with Gasteiger partial charge in [-0.2, -0.15) is 0 Å². The smallest absolute Gasteiger partial charge is 0.0236 e. The Hall–Kier alpha value is -0.860. The van der Waals surface area contributed by atoms with Gasteiger partial charge in [-0.1, -0.05) is 43.7 Å². The number of hydrogen-bond acceptors (Lipinski definition) is 2. The Balaban J connectivity index is 1.82. The lowest BCUT2D eigenvalue weighted by Crippen LogP contribution is -2.39. The Morgan fingerprint density at radius 1 is 1.21 bits per heavy atom. The van der Waals surface area contributed by atoms with Gasteiger partial charge in [-0.05, 0) is 50.9 Å². The molecule has 2 heteroatoms. The zero-order chi connectivity index (χ0) is 13.3. The molecule has 2 rings (SSSR count). The summed E-state index contributed by atoms with van der Waals surface area (Å²) in [6.45, 7) is 6.86. The van der Waals surface area contributed by atoms with E-state index < -0.39 is 0 Å². The molecule has 0 aliphatic carbocycles. The predicted molar refractivity (Wildman–Crippen MR) is 82.3 cm³/mol. The minimum absolute atomic E-state index is 0.799. The minimum Gasteiger partial charge on any atom is -0.317 e. The Kier molecular flexibility index (Phi) is 6.38. The van der Waals surface area contributed by atoms with Crippen LogP contribution < -0.4 is 5.32 Å². The van der Waals surface area contributed by atoms with Crippen LogP contribution in [-0.2, 0) is 6.54 Å². The molecule has 0 unspecified atom stereocenters. The van der Waals surface area contributed by atoms with E-state index in [9.17, 15) is 0 Å². The van der Waals surface area contributed by atoms with Crippen molar-refractivity contribution in [2.75, 3.05) is 19.6 Å². The van der Waals surface area contributed by atoms with Crippen molar-refractivity contribution in [3.05, 3.63) is 35.9 Å². The molecule has 0 spiro atoms. The molecule has 1 heterocycles. The third-order valence-corrected chi connectivity index (χ3v) is 4.12. The molecule has 2 nitrogen and oxygen atoms in total. The fourth-order valence-corrected chi connectivity index (χ4v) is 3.05. The lowest BCUT2D eigenvalue weighted by Gasteiger charge is -2.36. The van der Waals surface area contributed by atoms with Crippen LogP contribution in [0.15, 0.2) is 30.3 Å². The molecular formula is C17H28N2. The molecule has 1 atom stereocenters. The zero-order valence-corrected chi connectivity index (χ0v) is 12.3. The summed E-state index contributed by atoms with van der Waals surface area (Å²) < 4.78 is 0. The largest absolute Gasteiger partial charge is 0.317 e. The first-order valence-electron chi connectivity index (χ1n) is 7.89. The Morgan fingerprint density at radius 2 is 2.05 bits per heavy atom. The second kappa shape index (κ2) is 8.34. The predicted octanol–water partition coefficient (Wildman–Crippen LogP) is 3.43. The van der Waals surface area contributed by atoms with E-state index in [-0.39, 0.29) is 0 Å². The fraction of sp³-hybridized carbons (Fsp3) is 0.647. The quantitative estimate of drug-likeness (QED) is 0.756. The van der Waals surface area contributed by atoms with Gasteiger partial charge < -0.3 is 5.32 Å². The van der Waals surface area contributed by atoms with E-state index in [1.54, 1.807) is 0 Å². The van der Waals surface area contributed by atoms with Crippen LogP contribution in [0.1, 0.15) is 44.6 Å². The normalized spacial score (nSPS) is 20.6. The second-order valence-corrected chi connectivity index (χ2v) is 5.60. The number of likely N-dealkylation sites (tertiary alicyclic amines) is 1. The average molecular weight is 260 g/mol. The highest BCUT2D eigenvalue weighted by atomic mass is 15.2. The molecule has 0 radical (unpaired) electrons. The van der Waals surface area contributed by atoms with E-state index in [1.165, 1.54) is 50.8 Å². The van der Waals surface area contributed by atoms with Gasteiger partial charge in [0.2, 0.25) is 0 Å². The van der Waals surface area contributed by atoms with Crippen LogP contribution in [0.5, 0.6) is 0 Å². The van der Waals surface area contributed by atoms with Crippen molar-refractivity contribution < 1.29 is 0 Å². The number of rotatable bonds is 7. The van der Waals surface area contributed by atoms with Crippen LogP contribution >= 0.6 is 0 Å². The lowest BCUT2D eigenvalue weighted by atomic mass is 9.97. The van der Waals surface area contributed by atoms with Gasteiger partial charge in [0.25, 0.3) is 0 Å². The summed E-state index contributed by atoms with van der Waals surface area (Å²) in [7, 11) is 0. The van der Waals surface area contributed by atoms with Crippen molar-refractivity contribution in [2.45, 2.75) is 51.6 Å². The maximum Gasteiger partial charge on any atom is 0.0236 e. The van der Waals surface area contributed by atoms with Crippen LogP contribution in [0.2, 0.25) is 0 Å². The highest BCUT2D eigenvalue weighted by Crippen LogP contribution is 2.22. The summed E-state index contributed by atoms with van der Waals surface area (Å²) in [5.74, 6) is 0. The Labute approximate surface area is 118 Å². The molecule has 0 bridgehead atoms. The summed E-state index contributed by atoms with van der Waals surface area (Å²) >= 11 is 0. The van der Waals surface area contributed by atoms with E-state index >= 15 is 0 Å². The first-order chi connectivity index (χ1) is 9.40. The van der Waals surface area contributed by atoms with E-state index in [0.717, 1.165) is 19.1 Å². The molecule has 19 heavy (non-hydrogen) atoms. The minimum atomic E-state index is 0.799. The summed E-state index contributed by atoms with van der Waals surface area (Å²) in [4.78, 5) is 2.70. The van der Waals surface area contributed by atoms with Crippen molar-refractivity contribution in [1.29, 1.82) is 0 Å². The SMILES string of the molecule is CCNCCC[C@H]1CCCCN1Cc1ccccc1. The monoisotopic (exact) mass is 260 g/mol. The highest BCUT2D eigenvalue weighted by Gasteiger charge is 2.21. The first kappa shape index (κ1) is 14.5.